The van der Waals surface area contributed by atoms with Gasteiger partial charge in [0.2, 0.25) is 0 Å². The molecule has 0 radical (unpaired) electrons. The normalized spacial score (nSPS) is 10.3. The highest BCUT2D eigenvalue weighted by atomic mass is 35.5. The maximum absolute atomic E-state index is 11.1. The number of rotatable bonds is 6. The molecule has 0 bridgehead atoms. The lowest BCUT2D eigenvalue weighted by Gasteiger charge is -2.10. The van der Waals surface area contributed by atoms with E-state index in [1.807, 2.05) is 6.07 Å². The van der Waals surface area contributed by atoms with Crippen LogP contribution in [0.2, 0.25) is 10.3 Å². The van der Waals surface area contributed by atoms with Gasteiger partial charge in [-0.3, -0.25) is 20.2 Å². The van der Waals surface area contributed by atoms with Crippen LogP contribution in [0.4, 0.5) is 11.4 Å². The highest BCUT2D eigenvalue weighted by Crippen LogP contribution is 2.33. The molecule has 0 saturated carbocycles. The Hall–Kier alpha value is -5.36. The SMILES string of the molecule is O=[N+]([O-])c1ccc(O)c2ccccc12.O=[N+]([O-])c1ccc(OCc2ccnc(Cl)c2)c2ccccc12.OCc1ccnc(Cl)c1. The van der Waals surface area contributed by atoms with Crippen molar-refractivity contribution < 1.29 is 24.8 Å². The van der Waals surface area contributed by atoms with Crippen molar-refractivity contribution in [1.82, 2.24) is 9.97 Å². The third kappa shape index (κ3) is 8.61. The van der Waals surface area contributed by atoms with Crippen LogP contribution < -0.4 is 4.74 Å². The van der Waals surface area contributed by atoms with E-state index in [9.17, 15) is 25.3 Å². The summed E-state index contributed by atoms with van der Waals surface area (Å²) in [7, 11) is 0. The molecule has 4 aromatic carbocycles. The summed E-state index contributed by atoms with van der Waals surface area (Å²) < 4.78 is 5.79. The summed E-state index contributed by atoms with van der Waals surface area (Å²) in [4.78, 5) is 28.5. The van der Waals surface area contributed by atoms with Crippen LogP contribution in [-0.4, -0.2) is 30.0 Å². The van der Waals surface area contributed by atoms with Crippen LogP contribution in [-0.2, 0) is 13.2 Å². The number of aliphatic hydroxyl groups is 1. The molecule has 0 atom stereocenters. The molecule has 0 aliphatic heterocycles. The van der Waals surface area contributed by atoms with Crippen LogP contribution in [0.25, 0.3) is 21.5 Å². The second kappa shape index (κ2) is 15.4. The number of aromatic nitrogens is 2. The Balaban J connectivity index is 0.000000171. The molecule has 228 valence electrons. The number of aliphatic hydroxyl groups excluding tert-OH is 1. The predicted octanol–water partition coefficient (Wildman–Crippen LogP) is 8.06. The lowest BCUT2D eigenvalue weighted by molar-refractivity contribution is -0.383. The number of ether oxygens (including phenoxy) is 1. The fourth-order valence-corrected chi connectivity index (χ4v) is 4.59. The minimum absolute atomic E-state index is 0.0124. The van der Waals surface area contributed by atoms with E-state index in [-0.39, 0.29) is 23.7 Å². The average Bonchev–Trinajstić information content (AvgIpc) is 3.04. The van der Waals surface area contributed by atoms with Gasteiger partial charge in [-0.05, 0) is 59.7 Å². The van der Waals surface area contributed by atoms with Crippen LogP contribution in [0.1, 0.15) is 11.1 Å². The third-order valence-electron chi connectivity index (χ3n) is 6.29. The molecule has 11 nitrogen and oxygen atoms in total. The van der Waals surface area contributed by atoms with Gasteiger partial charge in [-0.15, -0.1) is 0 Å². The monoisotopic (exact) mass is 646 g/mol. The number of hydrogen-bond donors (Lipinski definition) is 2. The standard InChI is InChI=1S/C16H11ClN2O3.C10H7NO3.C6H6ClNO/c17-16-9-11(7-8-18-16)10-22-15-6-5-14(19(20)21)12-3-1-2-4-13(12)15;12-10-6-5-9(11(13)14)7-3-1-2-4-8(7)10;7-6-3-5(4-9)1-2-8-6/h1-9H,10H2;1-6,12H;1-3,9H,4H2. The van der Waals surface area contributed by atoms with Gasteiger partial charge in [0.1, 0.15) is 28.4 Å². The van der Waals surface area contributed by atoms with Crippen LogP contribution in [0.5, 0.6) is 11.5 Å². The molecule has 6 aromatic rings. The lowest BCUT2D eigenvalue weighted by Crippen LogP contribution is -1.97. The second-order valence-electron chi connectivity index (χ2n) is 9.21. The second-order valence-corrected chi connectivity index (χ2v) is 9.99. The smallest absolute Gasteiger partial charge is 0.277 e. The molecule has 0 spiro atoms. The first-order chi connectivity index (χ1) is 21.7. The molecule has 2 aromatic heterocycles. The Labute approximate surface area is 266 Å². The molecule has 0 unspecified atom stereocenters. The van der Waals surface area contributed by atoms with Crippen molar-refractivity contribution >= 4 is 56.1 Å². The maximum atomic E-state index is 11.1. The first-order valence-corrected chi connectivity index (χ1v) is 13.9. The van der Waals surface area contributed by atoms with Crippen molar-refractivity contribution in [3.05, 3.63) is 151 Å². The summed E-state index contributed by atoms with van der Waals surface area (Å²) in [6.07, 6.45) is 3.17. The van der Waals surface area contributed by atoms with Crippen molar-refractivity contribution in [3.8, 4) is 11.5 Å². The van der Waals surface area contributed by atoms with E-state index < -0.39 is 9.85 Å². The number of aromatic hydroxyl groups is 1. The van der Waals surface area contributed by atoms with E-state index in [0.717, 1.165) is 11.1 Å². The average molecular weight is 647 g/mol. The molecule has 0 amide bonds. The molecular formula is C32H24Cl2N4O7. The van der Waals surface area contributed by atoms with Crippen LogP contribution in [0, 0.1) is 20.2 Å². The van der Waals surface area contributed by atoms with E-state index >= 15 is 0 Å². The molecular weight excluding hydrogens is 623 g/mol. The summed E-state index contributed by atoms with van der Waals surface area (Å²) in [5.74, 6) is 0.653. The largest absolute Gasteiger partial charge is 0.507 e. The number of hydrogen-bond acceptors (Lipinski definition) is 9. The van der Waals surface area contributed by atoms with Crippen LogP contribution >= 0.6 is 23.2 Å². The molecule has 45 heavy (non-hydrogen) atoms. The zero-order valence-corrected chi connectivity index (χ0v) is 24.8. The molecule has 13 heteroatoms. The van der Waals surface area contributed by atoms with Crippen molar-refractivity contribution in [2.45, 2.75) is 13.2 Å². The highest BCUT2D eigenvalue weighted by molar-refractivity contribution is 6.29. The van der Waals surface area contributed by atoms with Gasteiger partial charge in [0.05, 0.1) is 27.2 Å². The first-order valence-electron chi connectivity index (χ1n) is 13.1. The zero-order chi connectivity index (χ0) is 32.3. The summed E-state index contributed by atoms with van der Waals surface area (Å²) in [6, 6.07) is 26.4. The molecule has 0 aliphatic rings. The van der Waals surface area contributed by atoms with E-state index in [4.69, 9.17) is 33.0 Å². The van der Waals surface area contributed by atoms with Gasteiger partial charge in [0.15, 0.2) is 0 Å². The van der Waals surface area contributed by atoms with Crippen LogP contribution in [0.3, 0.4) is 0 Å². The number of halogens is 2. The summed E-state index contributed by atoms with van der Waals surface area (Å²) in [5.41, 5.74) is 1.74. The Kier molecular flexibility index (Phi) is 11.1. The van der Waals surface area contributed by atoms with Gasteiger partial charge in [-0.1, -0.05) is 59.6 Å². The fourth-order valence-electron chi connectivity index (χ4n) is 4.20. The number of fused-ring (bicyclic) bond motifs is 2. The number of nitro groups is 2. The van der Waals surface area contributed by atoms with E-state index in [1.54, 1.807) is 85.2 Å². The van der Waals surface area contributed by atoms with Gasteiger partial charge in [-0.2, -0.15) is 0 Å². The Morgan fingerprint density at radius 1 is 0.667 bits per heavy atom. The van der Waals surface area contributed by atoms with E-state index in [1.165, 1.54) is 18.2 Å². The topological polar surface area (TPSA) is 162 Å². The van der Waals surface area contributed by atoms with E-state index in [0.29, 0.717) is 44.2 Å². The molecule has 0 fully saturated rings. The predicted molar refractivity (Wildman–Crippen MR) is 172 cm³/mol. The number of phenols is 1. The molecule has 6 rings (SSSR count). The zero-order valence-electron chi connectivity index (χ0n) is 23.3. The fraction of sp³-hybridized carbons (Fsp3) is 0.0625. The summed E-state index contributed by atoms with van der Waals surface area (Å²) in [5, 5.41) is 42.8. The highest BCUT2D eigenvalue weighted by Gasteiger charge is 2.15. The minimum atomic E-state index is -0.457. The first kappa shape index (κ1) is 32.6. The molecule has 2 N–H and O–H groups in total. The van der Waals surface area contributed by atoms with Crippen molar-refractivity contribution in [2.75, 3.05) is 0 Å². The Morgan fingerprint density at radius 3 is 1.69 bits per heavy atom. The van der Waals surface area contributed by atoms with Gasteiger partial charge in [0, 0.05) is 35.3 Å². The Morgan fingerprint density at radius 2 is 1.16 bits per heavy atom. The van der Waals surface area contributed by atoms with Gasteiger partial charge >= 0.3 is 0 Å². The Bertz CT molecular complexity index is 1970. The van der Waals surface area contributed by atoms with Crippen molar-refractivity contribution in [3.63, 3.8) is 0 Å². The van der Waals surface area contributed by atoms with Gasteiger partial charge < -0.3 is 14.9 Å². The number of benzene rings is 4. The number of non-ortho nitro benzene ring substituents is 2. The summed E-state index contributed by atoms with van der Waals surface area (Å²) >= 11 is 11.3. The van der Waals surface area contributed by atoms with Crippen molar-refractivity contribution in [2.24, 2.45) is 0 Å². The lowest BCUT2D eigenvalue weighted by atomic mass is 10.1. The number of nitro benzene ring substituents is 2. The third-order valence-corrected chi connectivity index (χ3v) is 6.70. The molecule has 0 aliphatic carbocycles. The van der Waals surface area contributed by atoms with E-state index in [2.05, 4.69) is 9.97 Å². The van der Waals surface area contributed by atoms with Gasteiger partial charge in [0.25, 0.3) is 11.4 Å². The number of nitrogens with zero attached hydrogens (tertiary/aromatic N) is 4. The van der Waals surface area contributed by atoms with Crippen molar-refractivity contribution in [1.29, 1.82) is 0 Å². The molecule has 2 heterocycles. The summed E-state index contributed by atoms with van der Waals surface area (Å²) in [6.45, 7) is 0.326. The maximum Gasteiger partial charge on any atom is 0.277 e. The van der Waals surface area contributed by atoms with Gasteiger partial charge in [-0.25, -0.2) is 9.97 Å². The minimum Gasteiger partial charge on any atom is -0.507 e. The van der Waals surface area contributed by atoms with Crippen LogP contribution in [0.15, 0.2) is 109 Å². The molecule has 0 saturated heterocycles. The quantitative estimate of drug-likeness (QED) is 0.103. The number of phenolic OH excluding ortho intramolecular Hbond substituents is 1. The number of pyridine rings is 2.